The molecule has 0 fully saturated rings. The average Bonchev–Trinajstić information content (AvgIpc) is 2.22. The topological polar surface area (TPSA) is 63.5 Å². The van der Waals surface area contributed by atoms with Crippen LogP contribution in [0, 0.1) is 17.0 Å². The first-order chi connectivity index (χ1) is 7.82. The van der Waals surface area contributed by atoms with Gasteiger partial charge in [-0.05, 0) is 18.6 Å². The van der Waals surface area contributed by atoms with Crippen molar-refractivity contribution in [2.45, 2.75) is 13.3 Å². The molecular formula is C11H13ClN2O3. The van der Waals surface area contributed by atoms with E-state index < -0.39 is 4.92 Å². The maximum absolute atomic E-state index is 11.5. The van der Waals surface area contributed by atoms with Gasteiger partial charge in [-0.25, -0.2) is 0 Å². The Morgan fingerprint density at radius 3 is 2.53 bits per heavy atom. The van der Waals surface area contributed by atoms with E-state index in [0.717, 1.165) is 0 Å². The predicted octanol–water partition coefficient (Wildman–Crippen LogP) is 2.19. The van der Waals surface area contributed by atoms with Gasteiger partial charge in [0.2, 0.25) is 5.91 Å². The van der Waals surface area contributed by atoms with E-state index in [0.29, 0.717) is 11.1 Å². The van der Waals surface area contributed by atoms with Gasteiger partial charge in [-0.15, -0.1) is 0 Å². The smallest absolute Gasteiger partial charge is 0.273 e. The summed E-state index contributed by atoms with van der Waals surface area (Å²) >= 11 is 5.92. The molecule has 0 atom stereocenters. The lowest BCUT2D eigenvalue weighted by Crippen LogP contribution is -2.23. The summed E-state index contributed by atoms with van der Waals surface area (Å²) in [4.78, 5) is 23.2. The summed E-state index contributed by atoms with van der Waals surface area (Å²) in [6, 6.07) is 2.87. The first-order valence-electron chi connectivity index (χ1n) is 4.96. The molecule has 17 heavy (non-hydrogen) atoms. The Hall–Kier alpha value is -1.62. The molecule has 0 aromatic heterocycles. The zero-order chi connectivity index (χ0) is 13.2. The van der Waals surface area contributed by atoms with E-state index in [-0.39, 0.29) is 23.0 Å². The van der Waals surface area contributed by atoms with Crippen LogP contribution < -0.4 is 0 Å². The molecule has 1 rings (SSSR count). The van der Waals surface area contributed by atoms with Crippen LogP contribution in [0.2, 0.25) is 5.02 Å². The third-order valence-corrected chi connectivity index (χ3v) is 2.75. The highest BCUT2D eigenvalue weighted by Crippen LogP contribution is 2.27. The molecule has 1 aromatic rings. The van der Waals surface area contributed by atoms with Crippen LogP contribution in [0.5, 0.6) is 0 Å². The van der Waals surface area contributed by atoms with Crippen molar-refractivity contribution in [3.63, 3.8) is 0 Å². The van der Waals surface area contributed by atoms with Crippen LogP contribution in [0.25, 0.3) is 0 Å². The van der Waals surface area contributed by atoms with Crippen LogP contribution in [0.1, 0.15) is 11.1 Å². The zero-order valence-electron chi connectivity index (χ0n) is 9.86. The van der Waals surface area contributed by atoms with Gasteiger partial charge in [0.05, 0.1) is 16.4 Å². The van der Waals surface area contributed by atoms with Crippen molar-refractivity contribution in [3.05, 3.63) is 38.4 Å². The van der Waals surface area contributed by atoms with Gasteiger partial charge < -0.3 is 4.90 Å². The van der Waals surface area contributed by atoms with Gasteiger partial charge in [0.15, 0.2) is 0 Å². The summed E-state index contributed by atoms with van der Waals surface area (Å²) in [5.74, 6) is -0.0971. The molecule has 0 unspecified atom stereocenters. The Morgan fingerprint density at radius 1 is 1.47 bits per heavy atom. The number of likely N-dealkylation sites (N-methyl/N-ethyl adjacent to an activating group) is 1. The van der Waals surface area contributed by atoms with Gasteiger partial charge in [0.1, 0.15) is 0 Å². The first-order valence-corrected chi connectivity index (χ1v) is 5.34. The third kappa shape index (κ3) is 3.17. The van der Waals surface area contributed by atoms with E-state index in [4.69, 9.17) is 11.6 Å². The summed E-state index contributed by atoms with van der Waals surface area (Å²) in [6.45, 7) is 1.62. The minimum Gasteiger partial charge on any atom is -0.349 e. The molecule has 0 bridgehead atoms. The fourth-order valence-corrected chi connectivity index (χ4v) is 1.61. The van der Waals surface area contributed by atoms with E-state index >= 15 is 0 Å². The Labute approximate surface area is 104 Å². The van der Waals surface area contributed by atoms with E-state index in [1.165, 1.54) is 11.0 Å². The van der Waals surface area contributed by atoms with Crippen molar-refractivity contribution in [1.82, 2.24) is 4.90 Å². The second-order valence-corrected chi connectivity index (χ2v) is 4.36. The number of amides is 1. The van der Waals surface area contributed by atoms with Gasteiger partial charge in [0, 0.05) is 25.7 Å². The predicted molar refractivity (Wildman–Crippen MR) is 65.2 cm³/mol. The number of halogens is 1. The quantitative estimate of drug-likeness (QED) is 0.615. The van der Waals surface area contributed by atoms with Crippen LogP contribution >= 0.6 is 11.6 Å². The maximum Gasteiger partial charge on any atom is 0.273 e. The van der Waals surface area contributed by atoms with Crippen molar-refractivity contribution in [2.75, 3.05) is 14.1 Å². The Morgan fingerprint density at radius 2 is 2.06 bits per heavy atom. The second kappa shape index (κ2) is 5.14. The molecule has 0 N–H and O–H groups in total. The monoisotopic (exact) mass is 256 g/mol. The number of rotatable bonds is 3. The van der Waals surface area contributed by atoms with E-state index in [1.807, 2.05) is 0 Å². The summed E-state index contributed by atoms with van der Waals surface area (Å²) in [5.41, 5.74) is 1.07. The van der Waals surface area contributed by atoms with Crippen LogP contribution in [-0.2, 0) is 11.2 Å². The number of carbonyl (C=O) groups excluding carboxylic acids is 1. The van der Waals surface area contributed by atoms with Crippen molar-refractivity contribution in [1.29, 1.82) is 0 Å². The highest BCUT2D eigenvalue weighted by atomic mass is 35.5. The number of benzene rings is 1. The molecule has 6 heteroatoms. The first kappa shape index (κ1) is 13.4. The third-order valence-electron chi connectivity index (χ3n) is 2.40. The van der Waals surface area contributed by atoms with Crippen LogP contribution in [0.15, 0.2) is 12.1 Å². The number of hydrogen-bond acceptors (Lipinski definition) is 3. The lowest BCUT2D eigenvalue weighted by molar-refractivity contribution is -0.385. The molecule has 0 aliphatic rings. The Bertz CT molecular complexity index is 472. The summed E-state index contributed by atoms with van der Waals surface area (Å²) in [6.07, 6.45) is 0.144. The zero-order valence-corrected chi connectivity index (χ0v) is 10.6. The minimum absolute atomic E-state index is 0.0314. The molecule has 0 heterocycles. The molecule has 0 aliphatic heterocycles. The van der Waals surface area contributed by atoms with Crippen LogP contribution in [0.3, 0.4) is 0 Å². The van der Waals surface area contributed by atoms with Gasteiger partial charge in [0.25, 0.3) is 5.69 Å². The maximum atomic E-state index is 11.5. The number of carbonyl (C=O) groups is 1. The minimum atomic E-state index is -0.487. The van der Waals surface area contributed by atoms with Crippen molar-refractivity contribution in [2.24, 2.45) is 0 Å². The second-order valence-electron chi connectivity index (χ2n) is 3.95. The molecule has 0 radical (unpaired) electrons. The van der Waals surface area contributed by atoms with Crippen molar-refractivity contribution < 1.29 is 9.72 Å². The van der Waals surface area contributed by atoms with Gasteiger partial charge >= 0.3 is 0 Å². The van der Waals surface area contributed by atoms with E-state index in [1.54, 1.807) is 27.1 Å². The average molecular weight is 257 g/mol. The molecule has 0 saturated carbocycles. The van der Waals surface area contributed by atoms with Crippen LogP contribution in [-0.4, -0.2) is 29.8 Å². The highest BCUT2D eigenvalue weighted by molar-refractivity contribution is 6.31. The molecule has 92 valence electrons. The Kier molecular flexibility index (Phi) is 4.07. The molecule has 5 nitrogen and oxygen atoms in total. The SMILES string of the molecule is Cc1cc(CC(=O)N(C)C)c(Cl)cc1[N+](=O)[O-]. The number of nitrogens with zero attached hydrogens (tertiary/aromatic N) is 2. The van der Waals surface area contributed by atoms with E-state index in [2.05, 4.69) is 0 Å². The lowest BCUT2D eigenvalue weighted by atomic mass is 10.1. The molecule has 0 aliphatic carbocycles. The van der Waals surface area contributed by atoms with E-state index in [9.17, 15) is 14.9 Å². The number of nitro benzene ring substituents is 1. The summed E-state index contributed by atoms with van der Waals surface area (Å²) in [5, 5.41) is 10.9. The van der Waals surface area contributed by atoms with Gasteiger partial charge in [-0.3, -0.25) is 14.9 Å². The summed E-state index contributed by atoms with van der Waals surface area (Å²) in [7, 11) is 3.29. The fourth-order valence-electron chi connectivity index (χ4n) is 1.38. The summed E-state index contributed by atoms with van der Waals surface area (Å²) < 4.78 is 0. The standard InChI is InChI=1S/C11H13ClN2O3/c1-7-4-8(5-11(15)13(2)3)9(12)6-10(7)14(16)17/h4,6H,5H2,1-3H3. The van der Waals surface area contributed by atoms with Crippen molar-refractivity contribution in [3.8, 4) is 0 Å². The number of aryl methyl sites for hydroxylation is 1. The van der Waals surface area contributed by atoms with Crippen molar-refractivity contribution >= 4 is 23.2 Å². The molecule has 1 amide bonds. The molecule has 1 aromatic carbocycles. The van der Waals surface area contributed by atoms with Gasteiger partial charge in [-0.1, -0.05) is 11.6 Å². The molecule has 0 saturated heterocycles. The molecule has 0 spiro atoms. The van der Waals surface area contributed by atoms with Gasteiger partial charge in [-0.2, -0.15) is 0 Å². The number of nitro groups is 1. The normalized spacial score (nSPS) is 10.1. The highest BCUT2D eigenvalue weighted by Gasteiger charge is 2.16. The number of hydrogen-bond donors (Lipinski definition) is 0. The van der Waals surface area contributed by atoms with Crippen LogP contribution in [0.4, 0.5) is 5.69 Å². The fraction of sp³-hybridized carbons (Fsp3) is 0.364. The largest absolute Gasteiger partial charge is 0.349 e. The lowest BCUT2D eigenvalue weighted by Gasteiger charge is -2.11. The Balaban J connectivity index is 3.08. The molecular weight excluding hydrogens is 244 g/mol.